The normalized spacial score (nSPS) is 11.9. The molecule has 0 amide bonds. The molecule has 0 radical (unpaired) electrons. The van der Waals surface area contributed by atoms with E-state index in [1.165, 1.54) is 128 Å². The molecule has 12 aromatic carbocycles. The maximum absolute atomic E-state index is 2.50. The molecule has 0 saturated carbocycles. The average molecular weight is 836 g/mol. The third-order valence-corrected chi connectivity index (χ3v) is 15.4. The third-order valence-electron chi connectivity index (χ3n) is 13.0. The van der Waals surface area contributed by atoms with Crippen molar-refractivity contribution in [1.29, 1.82) is 0 Å². The van der Waals surface area contributed by atoms with Crippen molar-refractivity contribution in [3.05, 3.63) is 218 Å². The molecule has 0 spiro atoms. The summed E-state index contributed by atoms with van der Waals surface area (Å²) in [4.78, 5) is 0. The number of rotatable bonds is 4. The van der Waals surface area contributed by atoms with E-state index in [1.807, 2.05) is 0 Å². The van der Waals surface area contributed by atoms with Crippen LogP contribution in [0.4, 0.5) is 0 Å². The molecule has 1 heteroatoms. The zero-order valence-electron chi connectivity index (χ0n) is 33.2. The van der Waals surface area contributed by atoms with E-state index >= 15 is 0 Å². The number of fused-ring (bicyclic) bond motifs is 9. The van der Waals surface area contributed by atoms with Crippen LogP contribution in [0.25, 0.3) is 128 Å². The Labute approximate surface area is 359 Å². The Balaban J connectivity index is 0.992. The van der Waals surface area contributed by atoms with Gasteiger partial charge in [-0.15, -0.1) is 0 Å². The van der Waals surface area contributed by atoms with Crippen LogP contribution in [0.2, 0.25) is 0 Å². The van der Waals surface area contributed by atoms with Gasteiger partial charge in [0.25, 0.3) is 0 Å². The first-order valence-electron chi connectivity index (χ1n) is 21.1. The summed E-state index contributed by atoms with van der Waals surface area (Å²) in [5, 5.41) is 18.1. The molecular weight excluding hydrogens is 800 g/mol. The Morgan fingerprint density at radius 3 is 0.951 bits per heavy atom. The second-order valence-corrected chi connectivity index (χ2v) is 18.6. The van der Waals surface area contributed by atoms with E-state index in [9.17, 15) is 0 Å². The first-order valence-corrected chi connectivity index (χ1v) is 22.8. The summed E-state index contributed by atoms with van der Waals surface area (Å²) < 4.78 is 2.90. The molecule has 0 atom stereocenters. The number of hydrogen-bond donors (Lipinski definition) is 0. The Morgan fingerprint density at radius 2 is 0.525 bits per heavy atom. The van der Waals surface area contributed by atoms with Crippen molar-refractivity contribution in [3.63, 3.8) is 0 Å². The summed E-state index contributed by atoms with van der Waals surface area (Å²) in [6.07, 6.45) is 0. The van der Waals surface area contributed by atoms with Crippen LogP contribution < -0.4 is 0 Å². The predicted molar refractivity (Wildman–Crippen MR) is 265 cm³/mol. The zero-order chi connectivity index (χ0) is 40.0. The van der Waals surface area contributed by atoms with Gasteiger partial charge in [-0.2, -0.15) is 0 Å². The summed E-state index contributed by atoms with van der Waals surface area (Å²) in [7, 11) is 0. The van der Waals surface area contributed by atoms with Gasteiger partial charge in [0.05, 0.1) is 0 Å². The molecule has 0 fully saturated rings. The molecule has 1 heterocycles. The molecule has 0 unspecified atom stereocenters. The molecule has 61 heavy (non-hydrogen) atoms. The van der Waals surface area contributed by atoms with Gasteiger partial charge in [0.1, 0.15) is 0 Å². The fourth-order valence-corrected chi connectivity index (χ4v) is 12.6. The minimum atomic E-state index is 0.194. The Kier molecular flexibility index (Phi) is 7.72. The molecule has 0 N–H and O–H groups in total. The van der Waals surface area contributed by atoms with Crippen molar-refractivity contribution in [3.8, 4) is 44.5 Å². The second-order valence-electron chi connectivity index (χ2n) is 16.3. The monoisotopic (exact) mass is 836 g/mol. The van der Waals surface area contributed by atoms with Crippen LogP contribution in [-0.4, -0.2) is 14.5 Å². The Hall–Kier alpha value is -7.28. The first kappa shape index (κ1) is 34.6. The van der Waals surface area contributed by atoms with Crippen LogP contribution in [0.3, 0.4) is 0 Å². The summed E-state index contributed by atoms with van der Waals surface area (Å²) in [5.41, 5.74) is 10.3. The van der Waals surface area contributed by atoms with Crippen LogP contribution in [-0.2, 0) is 0 Å². The van der Waals surface area contributed by atoms with Crippen LogP contribution in [0.15, 0.2) is 218 Å². The molecule has 0 aliphatic carbocycles. The van der Waals surface area contributed by atoms with Crippen molar-refractivity contribution >= 4 is 98.4 Å². The summed E-state index contributed by atoms with van der Waals surface area (Å²) in [6, 6.07) is 81.8. The maximum atomic E-state index is 2.50. The molecule has 0 bridgehead atoms. The van der Waals surface area contributed by atoms with Crippen molar-refractivity contribution in [2.45, 2.75) is 0 Å². The van der Waals surface area contributed by atoms with Gasteiger partial charge in [-0.05, 0) is 0 Å². The molecule has 13 aromatic rings. The average Bonchev–Trinajstić information content (AvgIpc) is 3.69. The van der Waals surface area contributed by atoms with E-state index in [1.54, 1.807) is 0 Å². The van der Waals surface area contributed by atoms with E-state index in [2.05, 4.69) is 218 Å². The van der Waals surface area contributed by atoms with E-state index in [4.69, 9.17) is 0 Å². The molecular formula is C60H36Se. The topological polar surface area (TPSA) is 0 Å². The SMILES string of the molecule is c1ccc2cc(-c3c4ccccc4c(-c4ccc5c(c4)[se]c4ccc(-c6c7ccccc7c(-c7ccc8ccccc8c7)c7ccccc67)cc45)c4ccccc34)ccc2c1. The molecule has 0 nitrogen and oxygen atoms in total. The first-order chi connectivity index (χ1) is 30.2. The van der Waals surface area contributed by atoms with Crippen molar-refractivity contribution in [2.75, 3.05) is 0 Å². The fraction of sp³-hybridized carbons (Fsp3) is 0. The third kappa shape index (κ3) is 5.38. The minimum absolute atomic E-state index is 0.194. The van der Waals surface area contributed by atoms with E-state index in [-0.39, 0.29) is 14.5 Å². The van der Waals surface area contributed by atoms with Crippen LogP contribution in [0.5, 0.6) is 0 Å². The van der Waals surface area contributed by atoms with E-state index in [0.717, 1.165) is 0 Å². The van der Waals surface area contributed by atoms with Gasteiger partial charge in [-0.25, -0.2) is 0 Å². The standard InChI is InChI=1S/C60H36Se/c1-3-15-39-33-41(27-25-37(39)13-1)57-46-17-5-9-21-50(46)59(51-22-10-6-18-47(51)57)43-30-32-55-54(35-43)45-31-29-44(36-56(45)61-55)60-52-23-11-7-19-48(52)58(49-20-8-12-24-53(49)60)42-28-26-38-14-2-4-16-40(38)34-42/h1-36H. The van der Waals surface area contributed by atoms with Crippen molar-refractivity contribution < 1.29 is 0 Å². The van der Waals surface area contributed by atoms with Crippen LogP contribution in [0, 0.1) is 0 Å². The van der Waals surface area contributed by atoms with Crippen LogP contribution in [0.1, 0.15) is 0 Å². The van der Waals surface area contributed by atoms with Gasteiger partial charge in [0, 0.05) is 0 Å². The summed E-state index contributed by atoms with van der Waals surface area (Å²) in [6.45, 7) is 0. The van der Waals surface area contributed by atoms with Crippen molar-refractivity contribution in [2.24, 2.45) is 0 Å². The molecule has 0 saturated heterocycles. The molecule has 1 aromatic heterocycles. The Morgan fingerprint density at radius 1 is 0.197 bits per heavy atom. The molecule has 13 rings (SSSR count). The van der Waals surface area contributed by atoms with Crippen LogP contribution >= 0.6 is 0 Å². The molecule has 0 aliphatic heterocycles. The zero-order valence-corrected chi connectivity index (χ0v) is 34.9. The summed E-state index contributed by atoms with van der Waals surface area (Å²) >= 11 is 0.194. The molecule has 282 valence electrons. The quantitative estimate of drug-likeness (QED) is 0.122. The van der Waals surface area contributed by atoms with Gasteiger partial charge < -0.3 is 0 Å². The van der Waals surface area contributed by atoms with Gasteiger partial charge in [-0.3, -0.25) is 0 Å². The number of benzene rings is 12. The number of hydrogen-bond acceptors (Lipinski definition) is 0. The van der Waals surface area contributed by atoms with E-state index < -0.39 is 0 Å². The fourth-order valence-electron chi connectivity index (χ4n) is 10.3. The van der Waals surface area contributed by atoms with Gasteiger partial charge in [0.15, 0.2) is 0 Å². The van der Waals surface area contributed by atoms with Crippen molar-refractivity contribution in [1.82, 2.24) is 0 Å². The predicted octanol–water partition coefficient (Wildman–Crippen LogP) is 16.6. The second kappa shape index (κ2) is 13.6. The van der Waals surface area contributed by atoms with Gasteiger partial charge >= 0.3 is 337 Å². The Bertz CT molecular complexity index is 3830. The van der Waals surface area contributed by atoms with Gasteiger partial charge in [-0.1, -0.05) is 24.3 Å². The van der Waals surface area contributed by atoms with Gasteiger partial charge in [0.2, 0.25) is 0 Å². The summed E-state index contributed by atoms with van der Waals surface area (Å²) in [5.74, 6) is 0. The molecule has 0 aliphatic rings. The van der Waals surface area contributed by atoms with E-state index in [0.29, 0.717) is 0 Å².